The summed E-state index contributed by atoms with van der Waals surface area (Å²) in [5.41, 5.74) is -0.575. The van der Waals surface area contributed by atoms with Crippen LogP contribution in [0.2, 0.25) is 0 Å². The van der Waals surface area contributed by atoms with Gasteiger partial charge in [0.05, 0.1) is 15.6 Å². The molecule has 0 fully saturated rings. The molecular weight excluding hydrogens is 440 g/mol. The number of halogens is 5. The van der Waals surface area contributed by atoms with Crippen molar-refractivity contribution >= 4 is 38.5 Å². The summed E-state index contributed by atoms with van der Waals surface area (Å²) < 4.78 is 55.4. The van der Waals surface area contributed by atoms with Gasteiger partial charge in [0, 0.05) is 23.3 Å². The Morgan fingerprint density at radius 2 is 2.00 bits per heavy atom. The van der Waals surface area contributed by atoms with Crippen LogP contribution >= 0.6 is 27.5 Å². The molecule has 3 rings (SSSR count). The monoisotopic (exact) mass is 446 g/mol. The first-order chi connectivity index (χ1) is 12.2. The van der Waals surface area contributed by atoms with E-state index in [0.29, 0.717) is 0 Å². The van der Waals surface area contributed by atoms with Gasteiger partial charge in [0.1, 0.15) is 0 Å². The molecule has 1 aromatic carbocycles. The van der Waals surface area contributed by atoms with Gasteiger partial charge in [-0.3, -0.25) is 10.1 Å². The van der Waals surface area contributed by atoms with E-state index in [-0.39, 0.29) is 26.6 Å². The van der Waals surface area contributed by atoms with Crippen LogP contribution in [0.25, 0.3) is 11.4 Å². The lowest BCUT2D eigenvalue weighted by Crippen LogP contribution is -2.12. The Bertz CT molecular complexity index is 976. The molecule has 26 heavy (non-hydrogen) atoms. The summed E-state index contributed by atoms with van der Waals surface area (Å²) in [5.74, 6) is -1.32. The minimum atomic E-state index is -4.48. The van der Waals surface area contributed by atoms with E-state index in [0.717, 1.165) is 29.9 Å². The molecule has 0 saturated carbocycles. The maximum atomic E-state index is 13.1. The van der Waals surface area contributed by atoms with Crippen LogP contribution in [-0.4, -0.2) is 20.2 Å². The maximum absolute atomic E-state index is 13.1. The number of rotatable bonds is 3. The maximum Gasteiger partial charge on any atom is 0.416 e. The van der Waals surface area contributed by atoms with Crippen molar-refractivity contribution in [1.82, 2.24) is 14.3 Å². The van der Waals surface area contributed by atoms with Crippen LogP contribution in [-0.2, 0) is 6.18 Å². The minimum Gasteiger partial charge on any atom is -0.297 e. The molecule has 0 aliphatic heterocycles. The van der Waals surface area contributed by atoms with Crippen LogP contribution in [0.4, 0.5) is 22.7 Å². The van der Waals surface area contributed by atoms with E-state index in [9.17, 15) is 22.4 Å². The molecule has 0 atom stereocenters. The number of carbonyl (C=O) groups is 1. The lowest BCUT2D eigenvalue weighted by Gasteiger charge is -2.06. The third kappa shape index (κ3) is 4.05. The van der Waals surface area contributed by atoms with E-state index < -0.39 is 23.6 Å². The first-order valence-corrected chi connectivity index (χ1v) is 8.44. The molecule has 2 heterocycles. The third-order valence-electron chi connectivity index (χ3n) is 3.15. The molecule has 0 aliphatic carbocycles. The Kier molecular flexibility index (Phi) is 5.01. The number of anilines is 1. The number of benzene rings is 1. The fraction of sp³-hybridized carbons (Fsp3) is 0.0667. The molecule has 0 spiro atoms. The number of alkyl halides is 3. The SMILES string of the molecule is O=C(Nc1nc(-c2cccc(C(F)(F)F)c2)ns1)c1cnc(F)c(Br)c1. The van der Waals surface area contributed by atoms with Crippen molar-refractivity contribution in [2.45, 2.75) is 6.18 Å². The van der Waals surface area contributed by atoms with Gasteiger partial charge in [0.2, 0.25) is 11.1 Å². The smallest absolute Gasteiger partial charge is 0.297 e. The molecule has 0 bridgehead atoms. The number of hydrogen-bond acceptors (Lipinski definition) is 5. The van der Waals surface area contributed by atoms with Crippen LogP contribution in [0.1, 0.15) is 15.9 Å². The van der Waals surface area contributed by atoms with Crippen LogP contribution in [0, 0.1) is 5.95 Å². The fourth-order valence-corrected chi connectivity index (χ4v) is 2.87. The van der Waals surface area contributed by atoms with Gasteiger partial charge in [-0.25, -0.2) is 4.98 Å². The molecule has 0 unspecified atom stereocenters. The largest absolute Gasteiger partial charge is 0.416 e. The van der Waals surface area contributed by atoms with Gasteiger partial charge < -0.3 is 0 Å². The molecule has 5 nitrogen and oxygen atoms in total. The summed E-state index contributed by atoms with van der Waals surface area (Å²) in [4.78, 5) is 19.5. The standard InChI is InChI=1S/C15H7BrF4N4OS/c16-10-5-8(6-21-11(10)17)13(25)23-14-22-12(24-26-14)7-2-1-3-9(4-7)15(18,19)20/h1-6H,(H,22,23,24,25). The van der Waals surface area contributed by atoms with Crippen molar-refractivity contribution in [2.75, 3.05) is 5.32 Å². The average molecular weight is 447 g/mol. The topological polar surface area (TPSA) is 67.8 Å². The van der Waals surface area contributed by atoms with E-state index in [4.69, 9.17) is 0 Å². The minimum absolute atomic E-state index is 0.0204. The van der Waals surface area contributed by atoms with Gasteiger partial charge in [0.25, 0.3) is 5.91 Å². The third-order valence-corrected chi connectivity index (χ3v) is 4.34. The van der Waals surface area contributed by atoms with Crippen LogP contribution in [0.15, 0.2) is 41.0 Å². The summed E-state index contributed by atoms with van der Waals surface area (Å²) in [6.07, 6.45) is -3.43. The number of nitrogens with one attached hydrogen (secondary N) is 1. The molecule has 1 amide bonds. The second-order valence-corrected chi connectivity index (χ2v) is 6.56. The second-order valence-electron chi connectivity index (χ2n) is 4.95. The van der Waals surface area contributed by atoms with Gasteiger partial charge in [-0.1, -0.05) is 12.1 Å². The zero-order chi connectivity index (χ0) is 18.9. The molecule has 1 N–H and O–H groups in total. The van der Waals surface area contributed by atoms with E-state index in [1.807, 2.05) is 0 Å². The van der Waals surface area contributed by atoms with E-state index in [1.54, 1.807) is 0 Å². The highest BCUT2D eigenvalue weighted by atomic mass is 79.9. The highest BCUT2D eigenvalue weighted by Gasteiger charge is 2.30. The molecule has 134 valence electrons. The van der Waals surface area contributed by atoms with Crippen molar-refractivity contribution in [3.05, 3.63) is 58.1 Å². The Morgan fingerprint density at radius 3 is 2.69 bits per heavy atom. The first kappa shape index (κ1) is 18.4. The number of pyridine rings is 1. The summed E-state index contributed by atoms with van der Waals surface area (Å²) >= 11 is 3.73. The average Bonchev–Trinajstić information content (AvgIpc) is 3.05. The fourth-order valence-electron chi connectivity index (χ4n) is 1.94. The number of aromatic nitrogens is 3. The van der Waals surface area contributed by atoms with Crippen LogP contribution in [0.5, 0.6) is 0 Å². The van der Waals surface area contributed by atoms with Crippen LogP contribution < -0.4 is 5.32 Å². The number of hydrogen-bond donors (Lipinski definition) is 1. The summed E-state index contributed by atoms with van der Waals surface area (Å²) in [7, 11) is 0. The molecule has 3 aromatic rings. The Morgan fingerprint density at radius 1 is 1.23 bits per heavy atom. The van der Waals surface area contributed by atoms with E-state index in [2.05, 4.69) is 35.6 Å². The first-order valence-electron chi connectivity index (χ1n) is 6.88. The van der Waals surface area contributed by atoms with Crippen molar-refractivity contribution in [2.24, 2.45) is 0 Å². The van der Waals surface area contributed by atoms with Crippen molar-refractivity contribution in [3.8, 4) is 11.4 Å². The molecular formula is C15H7BrF4N4OS. The van der Waals surface area contributed by atoms with Gasteiger partial charge in [-0.2, -0.15) is 26.9 Å². The van der Waals surface area contributed by atoms with Gasteiger partial charge in [0.15, 0.2) is 5.82 Å². The second kappa shape index (κ2) is 7.08. The normalized spacial score (nSPS) is 11.4. The van der Waals surface area contributed by atoms with Gasteiger partial charge in [-0.05, 0) is 34.1 Å². The molecule has 11 heteroatoms. The number of carbonyl (C=O) groups excluding carboxylic acids is 1. The summed E-state index contributed by atoms with van der Waals surface area (Å²) in [5, 5.41) is 2.53. The zero-order valence-electron chi connectivity index (χ0n) is 12.5. The Labute approximate surface area is 156 Å². The predicted molar refractivity (Wildman–Crippen MR) is 90.2 cm³/mol. The lowest BCUT2D eigenvalue weighted by molar-refractivity contribution is -0.137. The highest BCUT2D eigenvalue weighted by molar-refractivity contribution is 9.10. The van der Waals surface area contributed by atoms with Gasteiger partial charge in [-0.15, -0.1) is 0 Å². The zero-order valence-corrected chi connectivity index (χ0v) is 14.9. The van der Waals surface area contributed by atoms with Crippen LogP contribution in [0.3, 0.4) is 0 Å². The van der Waals surface area contributed by atoms with Gasteiger partial charge >= 0.3 is 6.18 Å². The van der Waals surface area contributed by atoms with Crippen molar-refractivity contribution < 1.29 is 22.4 Å². The van der Waals surface area contributed by atoms with Crippen molar-refractivity contribution in [1.29, 1.82) is 0 Å². The van der Waals surface area contributed by atoms with Crippen molar-refractivity contribution in [3.63, 3.8) is 0 Å². The molecule has 2 aromatic heterocycles. The quantitative estimate of drug-likeness (QED) is 0.464. The number of amides is 1. The Balaban J connectivity index is 1.80. The highest BCUT2D eigenvalue weighted by Crippen LogP contribution is 2.32. The summed E-state index contributed by atoms with van der Waals surface area (Å²) in [6, 6.07) is 5.79. The van der Waals surface area contributed by atoms with E-state index >= 15 is 0 Å². The number of nitrogens with zero attached hydrogens (tertiary/aromatic N) is 3. The Hall–Kier alpha value is -2.40. The lowest BCUT2D eigenvalue weighted by atomic mass is 10.1. The molecule has 0 saturated heterocycles. The summed E-state index contributed by atoms with van der Waals surface area (Å²) in [6.45, 7) is 0. The van der Waals surface area contributed by atoms with E-state index in [1.165, 1.54) is 18.2 Å². The molecule has 0 aliphatic rings. The predicted octanol–water partition coefficient (Wildman–Crippen LogP) is 4.77. The molecule has 0 radical (unpaired) electrons.